The molecule has 20 heavy (non-hydrogen) atoms. The maximum Gasteiger partial charge on any atom is 0.261 e. The number of aromatic nitrogens is 2. The van der Waals surface area contributed by atoms with E-state index in [-0.39, 0.29) is 5.56 Å². The first-order chi connectivity index (χ1) is 9.65. The lowest BCUT2D eigenvalue weighted by Gasteiger charge is -2.09. The number of para-hydroxylation sites is 1. The minimum Gasteiger partial charge on any atom is -0.399 e. The smallest absolute Gasteiger partial charge is 0.261 e. The van der Waals surface area contributed by atoms with Gasteiger partial charge in [-0.05, 0) is 29.8 Å². The molecule has 0 atom stereocenters. The molecule has 4 nitrogen and oxygen atoms in total. The van der Waals surface area contributed by atoms with E-state index in [0.29, 0.717) is 17.5 Å². The fourth-order valence-electron chi connectivity index (χ4n) is 2.31. The molecule has 0 aliphatic carbocycles. The molecule has 3 aromatic rings. The molecular weight excluding hydrogens is 250 g/mol. The van der Waals surface area contributed by atoms with Gasteiger partial charge in [0.15, 0.2) is 0 Å². The molecule has 4 heteroatoms. The molecule has 100 valence electrons. The van der Waals surface area contributed by atoms with Gasteiger partial charge in [0.2, 0.25) is 0 Å². The fourth-order valence-corrected chi connectivity index (χ4v) is 2.31. The van der Waals surface area contributed by atoms with Crippen LogP contribution in [0.5, 0.6) is 0 Å². The van der Waals surface area contributed by atoms with Gasteiger partial charge in [-0.15, -0.1) is 0 Å². The highest BCUT2D eigenvalue weighted by Gasteiger charge is 2.08. The third kappa shape index (κ3) is 2.16. The third-order valence-electron chi connectivity index (χ3n) is 3.39. The Morgan fingerprint density at radius 3 is 2.75 bits per heavy atom. The fraction of sp³-hybridized carbons (Fsp3) is 0.125. The van der Waals surface area contributed by atoms with Crippen molar-refractivity contribution in [1.29, 1.82) is 0 Å². The van der Waals surface area contributed by atoms with E-state index in [1.807, 2.05) is 42.5 Å². The van der Waals surface area contributed by atoms with E-state index >= 15 is 0 Å². The Morgan fingerprint density at radius 2 is 1.95 bits per heavy atom. The van der Waals surface area contributed by atoms with Gasteiger partial charge in [0.25, 0.3) is 5.56 Å². The van der Waals surface area contributed by atoms with Crippen LogP contribution in [0.4, 0.5) is 5.69 Å². The zero-order valence-electron chi connectivity index (χ0n) is 11.2. The van der Waals surface area contributed by atoms with E-state index < -0.39 is 0 Å². The second-order valence-electron chi connectivity index (χ2n) is 4.83. The first-order valence-corrected chi connectivity index (χ1v) is 6.44. The van der Waals surface area contributed by atoms with Crippen molar-refractivity contribution < 1.29 is 0 Å². The number of fused-ring (bicyclic) bond motifs is 1. The molecule has 0 amide bonds. The molecule has 2 N–H and O–H groups in total. The van der Waals surface area contributed by atoms with Crippen LogP contribution in [0.3, 0.4) is 0 Å². The Balaban J connectivity index is 2.12. The normalized spacial score (nSPS) is 10.8. The first-order valence-electron chi connectivity index (χ1n) is 6.44. The monoisotopic (exact) mass is 265 g/mol. The van der Waals surface area contributed by atoms with Crippen LogP contribution in [0, 0.1) is 0 Å². The highest BCUT2D eigenvalue weighted by Crippen LogP contribution is 2.13. The minimum atomic E-state index is -0.0190. The number of hydrogen-bond acceptors (Lipinski definition) is 3. The largest absolute Gasteiger partial charge is 0.399 e. The molecule has 2 aromatic carbocycles. The van der Waals surface area contributed by atoms with Gasteiger partial charge < -0.3 is 5.73 Å². The van der Waals surface area contributed by atoms with Crippen LogP contribution in [0.25, 0.3) is 10.9 Å². The van der Waals surface area contributed by atoms with Crippen LogP contribution in [-0.4, -0.2) is 9.55 Å². The summed E-state index contributed by atoms with van der Waals surface area (Å²) in [6.07, 6.45) is 0.585. The van der Waals surface area contributed by atoms with Gasteiger partial charge in [-0.25, -0.2) is 4.98 Å². The number of nitrogens with two attached hydrogens (primary N) is 1. The topological polar surface area (TPSA) is 60.9 Å². The molecule has 1 aromatic heterocycles. The van der Waals surface area contributed by atoms with Crippen LogP contribution < -0.4 is 11.3 Å². The Kier molecular flexibility index (Phi) is 2.99. The van der Waals surface area contributed by atoms with Gasteiger partial charge >= 0.3 is 0 Å². The van der Waals surface area contributed by atoms with Gasteiger partial charge in [0.1, 0.15) is 5.82 Å². The van der Waals surface area contributed by atoms with Crippen molar-refractivity contribution in [1.82, 2.24) is 9.55 Å². The first kappa shape index (κ1) is 12.4. The molecule has 1 heterocycles. The second-order valence-corrected chi connectivity index (χ2v) is 4.83. The SMILES string of the molecule is Cn1c(Cc2cccc(N)c2)nc2ccccc2c1=O. The van der Waals surface area contributed by atoms with E-state index in [2.05, 4.69) is 4.98 Å². The summed E-state index contributed by atoms with van der Waals surface area (Å²) >= 11 is 0. The molecule has 0 aliphatic rings. The zero-order valence-corrected chi connectivity index (χ0v) is 11.2. The second kappa shape index (κ2) is 4.81. The maximum atomic E-state index is 12.3. The van der Waals surface area contributed by atoms with Gasteiger partial charge in [-0.1, -0.05) is 24.3 Å². The predicted octanol–water partition coefficient (Wildman–Crippen LogP) is 2.11. The van der Waals surface area contributed by atoms with Crippen molar-refractivity contribution in [2.24, 2.45) is 7.05 Å². The standard InChI is InChI=1S/C16H15N3O/c1-19-15(10-11-5-4-6-12(17)9-11)18-14-8-3-2-7-13(14)16(19)20/h2-9H,10,17H2,1H3. The Hall–Kier alpha value is -2.62. The summed E-state index contributed by atoms with van der Waals surface area (Å²) in [6.45, 7) is 0. The molecule has 0 fully saturated rings. The van der Waals surface area contributed by atoms with E-state index in [4.69, 9.17) is 5.73 Å². The quantitative estimate of drug-likeness (QED) is 0.722. The van der Waals surface area contributed by atoms with Gasteiger partial charge in [0, 0.05) is 19.2 Å². The van der Waals surface area contributed by atoms with Crippen molar-refractivity contribution in [3.05, 3.63) is 70.3 Å². The molecule has 3 rings (SSSR count). The molecule has 0 saturated carbocycles. The lowest BCUT2D eigenvalue weighted by atomic mass is 10.1. The van der Waals surface area contributed by atoms with Crippen LogP contribution in [0.2, 0.25) is 0 Å². The van der Waals surface area contributed by atoms with Gasteiger partial charge in [-0.3, -0.25) is 9.36 Å². The predicted molar refractivity (Wildman–Crippen MR) is 80.6 cm³/mol. The summed E-state index contributed by atoms with van der Waals surface area (Å²) in [4.78, 5) is 16.9. The zero-order chi connectivity index (χ0) is 14.1. The van der Waals surface area contributed by atoms with E-state index in [9.17, 15) is 4.79 Å². The molecule has 0 saturated heterocycles. The van der Waals surface area contributed by atoms with Crippen molar-refractivity contribution in [3.8, 4) is 0 Å². The summed E-state index contributed by atoms with van der Waals surface area (Å²) in [5, 5.41) is 0.645. The van der Waals surface area contributed by atoms with Crippen LogP contribution in [0.15, 0.2) is 53.3 Å². The van der Waals surface area contributed by atoms with Crippen LogP contribution in [-0.2, 0) is 13.5 Å². The highest BCUT2D eigenvalue weighted by atomic mass is 16.1. The van der Waals surface area contributed by atoms with Crippen molar-refractivity contribution in [2.45, 2.75) is 6.42 Å². The lowest BCUT2D eigenvalue weighted by molar-refractivity contribution is 0.763. The summed E-state index contributed by atoms with van der Waals surface area (Å²) in [5.74, 6) is 0.735. The average molecular weight is 265 g/mol. The highest BCUT2D eigenvalue weighted by molar-refractivity contribution is 5.77. The number of rotatable bonds is 2. The van der Waals surface area contributed by atoms with Crippen molar-refractivity contribution in [2.75, 3.05) is 5.73 Å². The average Bonchev–Trinajstić information content (AvgIpc) is 2.45. The molecular formula is C16H15N3O. The Bertz CT molecular complexity index is 836. The molecule has 0 aliphatic heterocycles. The summed E-state index contributed by atoms with van der Waals surface area (Å²) in [5.41, 5.74) is 8.25. The Labute approximate surface area is 116 Å². The van der Waals surface area contributed by atoms with E-state index in [1.54, 1.807) is 17.7 Å². The minimum absolute atomic E-state index is 0.0190. The number of nitrogens with zero attached hydrogens (tertiary/aromatic N) is 2. The van der Waals surface area contributed by atoms with Crippen LogP contribution >= 0.6 is 0 Å². The number of hydrogen-bond donors (Lipinski definition) is 1. The molecule has 0 unspecified atom stereocenters. The maximum absolute atomic E-state index is 12.3. The molecule has 0 radical (unpaired) electrons. The summed E-state index contributed by atoms with van der Waals surface area (Å²) in [6, 6.07) is 15.0. The van der Waals surface area contributed by atoms with Gasteiger partial charge in [0.05, 0.1) is 10.9 Å². The lowest BCUT2D eigenvalue weighted by Crippen LogP contribution is -2.22. The number of nitrogen functional groups attached to an aromatic ring is 1. The molecule has 0 spiro atoms. The summed E-state index contributed by atoms with van der Waals surface area (Å²) in [7, 11) is 1.75. The number of benzene rings is 2. The molecule has 0 bridgehead atoms. The van der Waals surface area contributed by atoms with E-state index in [1.165, 1.54) is 0 Å². The Morgan fingerprint density at radius 1 is 1.15 bits per heavy atom. The number of anilines is 1. The van der Waals surface area contributed by atoms with Crippen LogP contribution in [0.1, 0.15) is 11.4 Å². The van der Waals surface area contributed by atoms with Crippen molar-refractivity contribution >= 4 is 16.6 Å². The van der Waals surface area contributed by atoms with Gasteiger partial charge in [-0.2, -0.15) is 0 Å². The summed E-state index contributed by atoms with van der Waals surface area (Å²) < 4.78 is 1.60. The van der Waals surface area contributed by atoms with Crippen molar-refractivity contribution in [3.63, 3.8) is 0 Å². The van der Waals surface area contributed by atoms with E-state index in [0.717, 1.165) is 16.9 Å². The third-order valence-corrected chi connectivity index (χ3v) is 3.39.